The van der Waals surface area contributed by atoms with Crippen LogP contribution in [0.3, 0.4) is 0 Å². The first-order valence-corrected chi connectivity index (χ1v) is 6.74. The van der Waals surface area contributed by atoms with Crippen LogP contribution in [-0.4, -0.2) is 29.1 Å². The summed E-state index contributed by atoms with van der Waals surface area (Å²) >= 11 is 0. The van der Waals surface area contributed by atoms with Crippen LogP contribution >= 0.6 is 7.37 Å². The second kappa shape index (κ2) is 5.61. The van der Waals surface area contributed by atoms with Crippen LogP contribution in [-0.2, 0) is 4.57 Å². The van der Waals surface area contributed by atoms with Gasteiger partial charge in [0.1, 0.15) is 6.16 Å². The summed E-state index contributed by atoms with van der Waals surface area (Å²) in [6.07, 6.45) is -13.7. The van der Waals surface area contributed by atoms with Gasteiger partial charge < -0.3 is 4.89 Å². The van der Waals surface area contributed by atoms with E-state index in [0.717, 1.165) is 0 Å². The molecule has 0 fully saturated rings. The van der Waals surface area contributed by atoms with E-state index in [1.807, 2.05) is 0 Å². The van der Waals surface area contributed by atoms with Gasteiger partial charge in [0.05, 0.1) is 6.42 Å². The van der Waals surface area contributed by atoms with E-state index in [2.05, 4.69) is 0 Å². The zero-order valence-electron chi connectivity index (χ0n) is 8.98. The summed E-state index contributed by atoms with van der Waals surface area (Å²) in [5.74, 6) is 0. The monoisotopic (exact) mass is 286 g/mol. The second-order valence-corrected chi connectivity index (χ2v) is 6.35. The molecule has 2 atom stereocenters. The zero-order valence-corrected chi connectivity index (χ0v) is 9.87. The SMILES string of the molecule is CCCC(CC(F)(F)F)P(=O)(O)CC(F)(F)F. The number of hydrogen-bond donors (Lipinski definition) is 1. The van der Waals surface area contributed by atoms with Crippen molar-refractivity contribution in [3.8, 4) is 0 Å². The molecule has 0 aliphatic rings. The topological polar surface area (TPSA) is 37.3 Å². The highest BCUT2D eigenvalue weighted by atomic mass is 31.2. The van der Waals surface area contributed by atoms with Gasteiger partial charge in [0.25, 0.3) is 0 Å². The van der Waals surface area contributed by atoms with Crippen molar-refractivity contribution in [3.63, 3.8) is 0 Å². The van der Waals surface area contributed by atoms with Crippen LogP contribution in [0, 0.1) is 0 Å². The summed E-state index contributed by atoms with van der Waals surface area (Å²) < 4.78 is 83.5. The first-order chi connectivity index (χ1) is 7.37. The van der Waals surface area contributed by atoms with E-state index in [1.165, 1.54) is 6.92 Å². The van der Waals surface area contributed by atoms with Gasteiger partial charge in [-0.3, -0.25) is 4.57 Å². The first-order valence-electron chi connectivity index (χ1n) is 4.82. The maximum atomic E-state index is 12.1. The normalized spacial score (nSPS) is 18.8. The fourth-order valence-electron chi connectivity index (χ4n) is 1.43. The van der Waals surface area contributed by atoms with Crippen LogP contribution in [0.25, 0.3) is 0 Å². The highest BCUT2D eigenvalue weighted by molar-refractivity contribution is 7.58. The molecule has 1 N–H and O–H groups in total. The summed E-state index contributed by atoms with van der Waals surface area (Å²) in [4.78, 5) is 9.14. The molecule has 0 spiro atoms. The molecular formula is C8H13F6O2P. The molecule has 9 heteroatoms. The van der Waals surface area contributed by atoms with Crippen molar-refractivity contribution in [1.82, 2.24) is 0 Å². The van der Waals surface area contributed by atoms with Crippen molar-refractivity contribution in [2.75, 3.05) is 6.16 Å². The van der Waals surface area contributed by atoms with E-state index in [1.54, 1.807) is 0 Å². The Hall–Kier alpha value is -0.230. The van der Waals surface area contributed by atoms with Crippen molar-refractivity contribution in [2.45, 2.75) is 44.2 Å². The predicted octanol–water partition coefficient (Wildman–Crippen LogP) is 3.94. The maximum Gasteiger partial charge on any atom is 0.398 e. The average Bonchev–Trinajstić information content (AvgIpc) is 1.95. The summed E-state index contributed by atoms with van der Waals surface area (Å²) in [7, 11) is -4.88. The number of alkyl halides is 6. The van der Waals surface area contributed by atoms with Crippen molar-refractivity contribution < 1.29 is 35.8 Å². The fourth-order valence-corrected chi connectivity index (χ4v) is 3.36. The van der Waals surface area contributed by atoms with Gasteiger partial charge in [-0.1, -0.05) is 13.3 Å². The summed E-state index contributed by atoms with van der Waals surface area (Å²) in [5, 5.41) is 0. The average molecular weight is 286 g/mol. The zero-order chi connectivity index (χ0) is 13.9. The van der Waals surface area contributed by atoms with Gasteiger partial charge in [-0.05, 0) is 6.42 Å². The molecule has 0 heterocycles. The Morgan fingerprint density at radius 3 is 1.88 bits per heavy atom. The lowest BCUT2D eigenvalue weighted by molar-refractivity contribution is -0.136. The lowest BCUT2D eigenvalue weighted by atomic mass is 10.2. The molecule has 17 heavy (non-hydrogen) atoms. The summed E-state index contributed by atoms with van der Waals surface area (Å²) in [6, 6.07) is 0. The summed E-state index contributed by atoms with van der Waals surface area (Å²) in [5.41, 5.74) is -1.88. The minimum atomic E-state index is -4.94. The lowest BCUT2D eigenvalue weighted by Gasteiger charge is -2.24. The van der Waals surface area contributed by atoms with Crippen molar-refractivity contribution >= 4 is 7.37 Å². The van der Waals surface area contributed by atoms with E-state index >= 15 is 0 Å². The van der Waals surface area contributed by atoms with Crippen LogP contribution in [0.15, 0.2) is 0 Å². The molecule has 104 valence electrons. The van der Waals surface area contributed by atoms with Crippen molar-refractivity contribution in [2.24, 2.45) is 0 Å². The van der Waals surface area contributed by atoms with Crippen LogP contribution in [0.2, 0.25) is 0 Å². The maximum absolute atomic E-state index is 12.1. The molecule has 0 aromatic rings. The van der Waals surface area contributed by atoms with Crippen LogP contribution < -0.4 is 0 Å². The Morgan fingerprint density at radius 1 is 1.12 bits per heavy atom. The van der Waals surface area contributed by atoms with Crippen LogP contribution in [0.5, 0.6) is 0 Å². The predicted molar refractivity (Wildman–Crippen MR) is 50.1 cm³/mol. The first kappa shape index (κ1) is 16.8. The smallest absolute Gasteiger partial charge is 0.344 e. The van der Waals surface area contributed by atoms with Gasteiger partial charge >= 0.3 is 12.4 Å². The molecule has 0 amide bonds. The second-order valence-electron chi connectivity index (χ2n) is 3.79. The van der Waals surface area contributed by atoms with Crippen LogP contribution in [0.1, 0.15) is 26.2 Å². The quantitative estimate of drug-likeness (QED) is 0.614. The molecule has 0 aromatic heterocycles. The Morgan fingerprint density at radius 2 is 1.59 bits per heavy atom. The molecule has 2 unspecified atom stereocenters. The fraction of sp³-hybridized carbons (Fsp3) is 1.00. The Kier molecular flexibility index (Phi) is 5.53. The van der Waals surface area contributed by atoms with Gasteiger partial charge in [-0.15, -0.1) is 0 Å². The molecule has 2 nitrogen and oxygen atoms in total. The summed E-state index contributed by atoms with van der Waals surface area (Å²) in [6.45, 7) is 1.44. The molecule has 0 bridgehead atoms. The Bertz CT molecular complexity index is 285. The molecule has 0 aliphatic heterocycles. The highest BCUT2D eigenvalue weighted by Crippen LogP contribution is 2.54. The van der Waals surface area contributed by atoms with Gasteiger partial charge in [0, 0.05) is 5.66 Å². The van der Waals surface area contributed by atoms with E-state index in [4.69, 9.17) is 4.89 Å². The standard InChI is InChI=1S/C8H13F6O2P/c1-2-3-6(4-7(9,10)11)17(15,16)5-8(12,13)14/h6H,2-5H2,1H3,(H,15,16). The van der Waals surface area contributed by atoms with Crippen LogP contribution in [0.4, 0.5) is 26.3 Å². The Balaban J connectivity index is 4.85. The molecular weight excluding hydrogens is 273 g/mol. The largest absolute Gasteiger partial charge is 0.398 e. The third-order valence-electron chi connectivity index (χ3n) is 2.07. The highest BCUT2D eigenvalue weighted by Gasteiger charge is 2.46. The van der Waals surface area contributed by atoms with Gasteiger partial charge in [-0.25, -0.2) is 0 Å². The van der Waals surface area contributed by atoms with Gasteiger partial charge in [-0.2, -0.15) is 26.3 Å². The van der Waals surface area contributed by atoms with Crippen molar-refractivity contribution in [1.29, 1.82) is 0 Å². The minimum Gasteiger partial charge on any atom is -0.344 e. The molecule has 0 saturated heterocycles. The van der Waals surface area contributed by atoms with E-state index in [0.29, 0.717) is 0 Å². The molecule has 0 aromatic carbocycles. The van der Waals surface area contributed by atoms with E-state index in [-0.39, 0.29) is 12.8 Å². The van der Waals surface area contributed by atoms with Gasteiger partial charge in [0.15, 0.2) is 0 Å². The molecule has 0 saturated carbocycles. The third-order valence-corrected chi connectivity index (χ3v) is 4.46. The van der Waals surface area contributed by atoms with Gasteiger partial charge in [0.2, 0.25) is 7.37 Å². The molecule has 0 radical (unpaired) electrons. The number of hydrogen-bond acceptors (Lipinski definition) is 1. The van der Waals surface area contributed by atoms with Crippen molar-refractivity contribution in [3.05, 3.63) is 0 Å². The third kappa shape index (κ3) is 7.65. The Labute approximate surface area is 94.5 Å². The molecule has 0 aliphatic carbocycles. The molecule has 0 rings (SSSR count). The number of rotatable bonds is 5. The lowest BCUT2D eigenvalue weighted by Crippen LogP contribution is -2.25. The van der Waals surface area contributed by atoms with E-state index in [9.17, 15) is 30.9 Å². The minimum absolute atomic E-state index is 0.114. The number of halogens is 6. The van der Waals surface area contributed by atoms with E-state index < -0.39 is 38.0 Å².